The number of nitrogens with zero attached hydrogens (tertiary/aromatic N) is 5. The SMILES string of the molecule is CCCCc1c(Cc2ccc(-c3ccccc3-c3noc(=O)[nH]3)cc2)c(=O)n(-c2ccc(OC(C)C)c(F)c2)c2ncnn12. The maximum atomic E-state index is 15.1. The van der Waals surface area contributed by atoms with E-state index in [-0.39, 0.29) is 17.4 Å². The molecular weight excluding hydrogens is 563 g/mol. The third-order valence-corrected chi connectivity index (χ3v) is 7.37. The molecular formula is C33H31FN6O4. The fraction of sp³-hybridized carbons (Fsp3) is 0.242. The van der Waals surface area contributed by atoms with Gasteiger partial charge in [0.2, 0.25) is 5.78 Å². The van der Waals surface area contributed by atoms with Crippen LogP contribution in [0.1, 0.15) is 50.4 Å². The number of rotatable bonds is 10. The van der Waals surface area contributed by atoms with E-state index in [1.165, 1.54) is 23.0 Å². The lowest BCUT2D eigenvalue weighted by Crippen LogP contribution is -2.28. The molecule has 0 radical (unpaired) electrons. The molecule has 0 unspecified atom stereocenters. The van der Waals surface area contributed by atoms with Gasteiger partial charge < -0.3 is 4.74 Å². The van der Waals surface area contributed by atoms with Crippen molar-refractivity contribution in [2.24, 2.45) is 0 Å². The molecule has 44 heavy (non-hydrogen) atoms. The first-order valence-electron chi connectivity index (χ1n) is 14.5. The number of hydrogen-bond acceptors (Lipinski definition) is 7. The van der Waals surface area contributed by atoms with E-state index in [0.29, 0.717) is 35.7 Å². The van der Waals surface area contributed by atoms with E-state index in [9.17, 15) is 9.59 Å². The highest BCUT2D eigenvalue weighted by molar-refractivity contribution is 5.80. The van der Waals surface area contributed by atoms with Gasteiger partial charge in [0, 0.05) is 23.6 Å². The van der Waals surface area contributed by atoms with Crippen LogP contribution in [0.25, 0.3) is 34.0 Å². The van der Waals surface area contributed by atoms with Crippen LogP contribution in [0.3, 0.4) is 0 Å². The summed E-state index contributed by atoms with van der Waals surface area (Å²) in [7, 11) is 0. The summed E-state index contributed by atoms with van der Waals surface area (Å²) in [4.78, 5) is 32.8. The van der Waals surface area contributed by atoms with Crippen molar-refractivity contribution in [3.8, 4) is 34.0 Å². The number of aromatic nitrogens is 6. The van der Waals surface area contributed by atoms with Gasteiger partial charge in [-0.3, -0.25) is 14.3 Å². The van der Waals surface area contributed by atoms with Crippen molar-refractivity contribution in [3.63, 3.8) is 0 Å². The molecule has 3 aromatic carbocycles. The first kappa shape index (κ1) is 28.8. The Morgan fingerprint density at radius 1 is 1.02 bits per heavy atom. The molecule has 0 aliphatic heterocycles. The third kappa shape index (κ3) is 5.56. The van der Waals surface area contributed by atoms with E-state index >= 15 is 4.39 Å². The number of aryl methyl sites for hydroxylation is 1. The Hall–Kier alpha value is -5.32. The Bertz CT molecular complexity index is 2060. The zero-order valence-electron chi connectivity index (χ0n) is 24.6. The number of H-pyrrole nitrogens is 1. The Labute approximate surface area is 251 Å². The molecule has 6 aromatic rings. The highest BCUT2D eigenvalue weighted by Gasteiger charge is 2.21. The Kier molecular flexibility index (Phi) is 7.93. The minimum atomic E-state index is -0.624. The van der Waals surface area contributed by atoms with Gasteiger partial charge >= 0.3 is 5.76 Å². The topological polar surface area (TPSA) is 120 Å². The van der Waals surface area contributed by atoms with Crippen molar-refractivity contribution < 1.29 is 13.7 Å². The Balaban J connectivity index is 1.42. The van der Waals surface area contributed by atoms with Crippen LogP contribution in [-0.2, 0) is 12.8 Å². The van der Waals surface area contributed by atoms with Gasteiger partial charge in [-0.05, 0) is 55.5 Å². The van der Waals surface area contributed by atoms with Gasteiger partial charge in [-0.25, -0.2) is 18.3 Å². The summed E-state index contributed by atoms with van der Waals surface area (Å²) in [6.07, 6.45) is 3.98. The van der Waals surface area contributed by atoms with Gasteiger partial charge in [0.15, 0.2) is 17.4 Å². The van der Waals surface area contributed by atoms with Crippen LogP contribution in [0, 0.1) is 5.82 Å². The second-order valence-corrected chi connectivity index (χ2v) is 10.8. The fourth-order valence-electron chi connectivity index (χ4n) is 5.34. The molecule has 10 nitrogen and oxygen atoms in total. The third-order valence-electron chi connectivity index (χ3n) is 7.37. The second kappa shape index (κ2) is 12.1. The zero-order valence-corrected chi connectivity index (χ0v) is 24.6. The molecule has 0 fully saturated rings. The van der Waals surface area contributed by atoms with Gasteiger partial charge in [0.1, 0.15) is 6.33 Å². The smallest absolute Gasteiger partial charge is 0.439 e. The standard InChI is InChI=1S/C33H31FN6O4/c1-4-5-10-28-26(17-21-11-13-22(14-12-21)24-8-6-7-9-25(24)30-37-33(42)44-38-30)31(41)39(32-35-19-36-40(28)32)23-15-16-29(27(34)18-23)43-20(2)3/h6-9,11-16,18-20H,4-5,10,17H2,1-3H3,(H,37,38,42). The van der Waals surface area contributed by atoms with Crippen LogP contribution in [0.2, 0.25) is 0 Å². The lowest BCUT2D eigenvalue weighted by atomic mass is 9.96. The van der Waals surface area contributed by atoms with Crippen LogP contribution >= 0.6 is 0 Å². The molecule has 0 saturated carbocycles. The summed E-state index contributed by atoms with van der Waals surface area (Å²) in [5.74, 6) is -0.410. The first-order valence-corrected chi connectivity index (χ1v) is 14.5. The average molecular weight is 595 g/mol. The van der Waals surface area contributed by atoms with Gasteiger partial charge in [-0.1, -0.05) is 67.0 Å². The normalized spacial score (nSPS) is 11.5. The van der Waals surface area contributed by atoms with E-state index < -0.39 is 11.6 Å². The minimum Gasteiger partial charge on any atom is -0.488 e. The van der Waals surface area contributed by atoms with Gasteiger partial charge in [0.05, 0.1) is 17.5 Å². The predicted molar refractivity (Wildman–Crippen MR) is 164 cm³/mol. The molecule has 0 amide bonds. The molecule has 1 N–H and O–H groups in total. The summed E-state index contributed by atoms with van der Waals surface area (Å²) in [5.41, 5.74) is 4.81. The molecule has 0 spiro atoms. The highest BCUT2D eigenvalue weighted by atomic mass is 19.1. The molecule has 0 saturated heterocycles. The molecule has 3 heterocycles. The second-order valence-electron chi connectivity index (χ2n) is 10.8. The number of ether oxygens (including phenoxy) is 1. The van der Waals surface area contributed by atoms with E-state index in [4.69, 9.17) is 9.26 Å². The van der Waals surface area contributed by atoms with Crippen molar-refractivity contribution >= 4 is 5.78 Å². The summed E-state index contributed by atoms with van der Waals surface area (Å²) in [6, 6.07) is 19.9. The Morgan fingerprint density at radius 3 is 2.48 bits per heavy atom. The van der Waals surface area contributed by atoms with Gasteiger partial charge in [-0.2, -0.15) is 10.1 Å². The predicted octanol–water partition coefficient (Wildman–Crippen LogP) is 5.75. The van der Waals surface area contributed by atoms with Crippen LogP contribution in [0.5, 0.6) is 5.75 Å². The average Bonchev–Trinajstić information content (AvgIpc) is 3.68. The quantitative estimate of drug-likeness (QED) is 0.214. The number of halogens is 1. The van der Waals surface area contributed by atoms with Crippen molar-refractivity contribution in [1.82, 2.24) is 29.3 Å². The van der Waals surface area contributed by atoms with Gasteiger partial charge in [0.25, 0.3) is 5.56 Å². The van der Waals surface area contributed by atoms with E-state index in [0.717, 1.165) is 40.8 Å². The van der Waals surface area contributed by atoms with Gasteiger partial charge in [-0.15, -0.1) is 0 Å². The maximum Gasteiger partial charge on any atom is 0.439 e. The Morgan fingerprint density at radius 2 is 1.80 bits per heavy atom. The monoisotopic (exact) mass is 594 g/mol. The van der Waals surface area contributed by atoms with E-state index in [1.54, 1.807) is 10.6 Å². The molecule has 3 aromatic heterocycles. The van der Waals surface area contributed by atoms with Crippen LogP contribution < -0.4 is 16.1 Å². The molecule has 224 valence electrons. The number of nitrogens with one attached hydrogen (secondary N) is 1. The molecule has 6 rings (SSSR count). The molecule has 0 aliphatic rings. The van der Waals surface area contributed by atoms with Crippen LogP contribution in [-0.4, -0.2) is 35.4 Å². The molecule has 0 aliphatic carbocycles. The van der Waals surface area contributed by atoms with E-state index in [1.807, 2.05) is 62.4 Å². The number of unbranched alkanes of at least 4 members (excludes halogenated alkanes) is 1. The number of aromatic amines is 1. The lowest BCUT2D eigenvalue weighted by molar-refractivity contribution is 0.231. The highest BCUT2D eigenvalue weighted by Crippen LogP contribution is 2.30. The lowest BCUT2D eigenvalue weighted by Gasteiger charge is -2.17. The summed E-state index contributed by atoms with van der Waals surface area (Å²) in [5, 5.41) is 8.30. The van der Waals surface area contributed by atoms with Crippen LogP contribution in [0.4, 0.5) is 4.39 Å². The summed E-state index contributed by atoms with van der Waals surface area (Å²) >= 11 is 0. The number of fused-ring (bicyclic) bond motifs is 1. The van der Waals surface area contributed by atoms with Crippen LogP contribution in [0.15, 0.2) is 87.2 Å². The molecule has 11 heteroatoms. The first-order chi connectivity index (χ1) is 21.3. The van der Waals surface area contributed by atoms with E-state index in [2.05, 4.69) is 27.1 Å². The van der Waals surface area contributed by atoms with Crippen molar-refractivity contribution in [2.45, 2.75) is 52.6 Å². The van der Waals surface area contributed by atoms with Crippen molar-refractivity contribution in [3.05, 3.63) is 117 Å². The fourth-order valence-corrected chi connectivity index (χ4v) is 5.34. The minimum absolute atomic E-state index is 0.116. The van der Waals surface area contributed by atoms with Crippen molar-refractivity contribution in [2.75, 3.05) is 0 Å². The summed E-state index contributed by atoms with van der Waals surface area (Å²) in [6.45, 7) is 5.74. The maximum absolute atomic E-state index is 15.1. The molecule has 0 atom stereocenters. The van der Waals surface area contributed by atoms with Crippen molar-refractivity contribution in [1.29, 1.82) is 0 Å². The zero-order chi connectivity index (χ0) is 30.8. The number of hydrogen-bond donors (Lipinski definition) is 1. The molecule has 0 bridgehead atoms. The number of benzene rings is 3. The largest absolute Gasteiger partial charge is 0.488 e. The summed E-state index contributed by atoms with van der Waals surface area (Å²) < 4.78 is 28.4.